The molecule has 0 aromatic heterocycles. The zero-order valence-corrected chi connectivity index (χ0v) is 12.2. The molecule has 1 amide bonds. The van der Waals surface area contributed by atoms with Crippen LogP contribution in [-0.4, -0.2) is 30.4 Å². The van der Waals surface area contributed by atoms with Crippen molar-refractivity contribution in [2.45, 2.75) is 39.5 Å². The Hall–Kier alpha value is -1.35. The molecule has 0 bridgehead atoms. The summed E-state index contributed by atoms with van der Waals surface area (Å²) in [5.41, 5.74) is 8.10. The predicted octanol–water partition coefficient (Wildman–Crippen LogP) is 2.52. The molecule has 0 aliphatic rings. The number of amides is 1. The quantitative estimate of drug-likeness (QED) is 0.782. The van der Waals surface area contributed by atoms with Gasteiger partial charge in [-0.05, 0) is 30.9 Å². The first kappa shape index (κ1) is 15.7. The minimum absolute atomic E-state index is 0.224. The van der Waals surface area contributed by atoms with E-state index in [1.807, 2.05) is 17.0 Å². The van der Waals surface area contributed by atoms with Crippen LogP contribution < -0.4 is 5.73 Å². The molecule has 0 heterocycles. The molecule has 0 unspecified atom stereocenters. The van der Waals surface area contributed by atoms with Crippen molar-refractivity contribution in [2.24, 2.45) is 5.73 Å². The molecule has 1 aromatic rings. The topological polar surface area (TPSA) is 46.3 Å². The smallest absolute Gasteiger partial charge is 0.222 e. The van der Waals surface area contributed by atoms with Gasteiger partial charge in [-0.2, -0.15) is 0 Å². The van der Waals surface area contributed by atoms with E-state index in [0.717, 1.165) is 25.8 Å². The van der Waals surface area contributed by atoms with Crippen molar-refractivity contribution in [3.05, 3.63) is 35.4 Å². The molecule has 0 spiro atoms. The van der Waals surface area contributed by atoms with Gasteiger partial charge in [-0.1, -0.05) is 37.6 Å². The van der Waals surface area contributed by atoms with Gasteiger partial charge >= 0.3 is 0 Å². The van der Waals surface area contributed by atoms with E-state index >= 15 is 0 Å². The maximum absolute atomic E-state index is 12.2. The number of unbranched alkanes of at least 4 members (excludes halogenated alkanes) is 1. The molecule has 19 heavy (non-hydrogen) atoms. The number of aryl methyl sites for hydroxylation is 2. The SMILES string of the molecule is CCCCN(CCN)C(=O)CCc1ccccc1C. The average molecular weight is 262 g/mol. The van der Waals surface area contributed by atoms with Gasteiger partial charge in [-0.3, -0.25) is 4.79 Å². The fraction of sp³-hybridized carbons (Fsp3) is 0.562. The summed E-state index contributed by atoms with van der Waals surface area (Å²) in [7, 11) is 0. The minimum Gasteiger partial charge on any atom is -0.341 e. The highest BCUT2D eigenvalue weighted by Crippen LogP contribution is 2.10. The van der Waals surface area contributed by atoms with Crippen molar-refractivity contribution in [3.63, 3.8) is 0 Å². The number of carbonyl (C=O) groups is 1. The van der Waals surface area contributed by atoms with Crippen LogP contribution in [-0.2, 0) is 11.2 Å². The van der Waals surface area contributed by atoms with Gasteiger partial charge in [-0.25, -0.2) is 0 Å². The third kappa shape index (κ3) is 5.43. The lowest BCUT2D eigenvalue weighted by Crippen LogP contribution is -2.36. The Bertz CT molecular complexity index is 390. The highest BCUT2D eigenvalue weighted by Gasteiger charge is 2.12. The van der Waals surface area contributed by atoms with Gasteiger partial charge in [-0.15, -0.1) is 0 Å². The van der Waals surface area contributed by atoms with E-state index in [0.29, 0.717) is 19.5 Å². The lowest BCUT2D eigenvalue weighted by molar-refractivity contribution is -0.131. The molecule has 0 atom stereocenters. The molecule has 0 radical (unpaired) electrons. The van der Waals surface area contributed by atoms with E-state index in [1.54, 1.807) is 0 Å². The molecular weight excluding hydrogens is 236 g/mol. The van der Waals surface area contributed by atoms with Crippen molar-refractivity contribution in [1.82, 2.24) is 4.90 Å². The van der Waals surface area contributed by atoms with Gasteiger partial charge < -0.3 is 10.6 Å². The largest absolute Gasteiger partial charge is 0.341 e. The first-order valence-electron chi connectivity index (χ1n) is 7.21. The van der Waals surface area contributed by atoms with E-state index < -0.39 is 0 Å². The highest BCUT2D eigenvalue weighted by molar-refractivity contribution is 5.76. The van der Waals surface area contributed by atoms with Gasteiger partial charge in [0.25, 0.3) is 0 Å². The molecule has 0 aliphatic heterocycles. The van der Waals surface area contributed by atoms with E-state index in [4.69, 9.17) is 5.73 Å². The Kier molecular flexibility index (Phi) is 7.19. The van der Waals surface area contributed by atoms with Gasteiger partial charge in [0.2, 0.25) is 5.91 Å². The molecule has 1 aromatic carbocycles. The second-order valence-corrected chi connectivity index (χ2v) is 4.95. The van der Waals surface area contributed by atoms with Crippen LogP contribution >= 0.6 is 0 Å². The monoisotopic (exact) mass is 262 g/mol. The Labute approximate surface area is 116 Å². The van der Waals surface area contributed by atoms with E-state index in [-0.39, 0.29) is 5.91 Å². The van der Waals surface area contributed by atoms with Crippen molar-refractivity contribution in [1.29, 1.82) is 0 Å². The summed E-state index contributed by atoms with van der Waals surface area (Å²) in [5.74, 6) is 0.224. The van der Waals surface area contributed by atoms with Gasteiger partial charge in [0.05, 0.1) is 0 Å². The Morgan fingerprint density at radius 2 is 2.00 bits per heavy atom. The number of carbonyl (C=O) groups excluding carboxylic acids is 1. The normalized spacial score (nSPS) is 10.5. The average Bonchev–Trinajstić information content (AvgIpc) is 2.42. The fourth-order valence-corrected chi connectivity index (χ4v) is 2.16. The first-order chi connectivity index (χ1) is 9.19. The maximum atomic E-state index is 12.2. The van der Waals surface area contributed by atoms with E-state index in [1.165, 1.54) is 11.1 Å². The molecular formula is C16H26N2O. The fourth-order valence-electron chi connectivity index (χ4n) is 2.16. The zero-order valence-electron chi connectivity index (χ0n) is 12.2. The summed E-state index contributed by atoms with van der Waals surface area (Å²) in [5, 5.41) is 0. The van der Waals surface area contributed by atoms with Gasteiger partial charge in [0.15, 0.2) is 0 Å². The van der Waals surface area contributed by atoms with Crippen LogP contribution in [0.1, 0.15) is 37.3 Å². The van der Waals surface area contributed by atoms with Crippen molar-refractivity contribution in [2.75, 3.05) is 19.6 Å². The standard InChI is InChI=1S/C16H26N2O/c1-3-4-12-18(13-11-17)16(19)10-9-15-8-6-5-7-14(15)2/h5-8H,3-4,9-13,17H2,1-2H3. The number of nitrogens with two attached hydrogens (primary N) is 1. The van der Waals surface area contributed by atoms with E-state index in [2.05, 4.69) is 26.0 Å². The zero-order chi connectivity index (χ0) is 14.1. The number of rotatable bonds is 8. The summed E-state index contributed by atoms with van der Waals surface area (Å²) in [4.78, 5) is 14.1. The third-order valence-corrected chi connectivity index (χ3v) is 3.40. The molecule has 3 heteroatoms. The van der Waals surface area contributed by atoms with Crippen molar-refractivity contribution >= 4 is 5.91 Å². The van der Waals surface area contributed by atoms with Crippen LogP contribution in [0, 0.1) is 6.92 Å². The van der Waals surface area contributed by atoms with Gasteiger partial charge in [0.1, 0.15) is 0 Å². The van der Waals surface area contributed by atoms with Crippen molar-refractivity contribution < 1.29 is 4.79 Å². The van der Waals surface area contributed by atoms with Crippen molar-refractivity contribution in [3.8, 4) is 0 Å². The van der Waals surface area contributed by atoms with Crippen LogP contribution in [0.3, 0.4) is 0 Å². The molecule has 3 nitrogen and oxygen atoms in total. The lowest BCUT2D eigenvalue weighted by Gasteiger charge is -2.22. The van der Waals surface area contributed by atoms with Gasteiger partial charge in [0, 0.05) is 26.1 Å². The lowest BCUT2D eigenvalue weighted by atomic mass is 10.0. The second-order valence-electron chi connectivity index (χ2n) is 4.95. The molecule has 0 saturated heterocycles. The van der Waals surface area contributed by atoms with Crippen LogP contribution in [0.15, 0.2) is 24.3 Å². The van der Waals surface area contributed by atoms with Crippen LogP contribution in [0.2, 0.25) is 0 Å². The third-order valence-electron chi connectivity index (χ3n) is 3.40. The molecule has 106 valence electrons. The number of hydrogen-bond donors (Lipinski definition) is 1. The summed E-state index contributed by atoms with van der Waals surface area (Å²) >= 11 is 0. The first-order valence-corrected chi connectivity index (χ1v) is 7.21. The summed E-state index contributed by atoms with van der Waals surface area (Å²) < 4.78 is 0. The molecule has 0 saturated carbocycles. The highest BCUT2D eigenvalue weighted by atomic mass is 16.2. The summed E-state index contributed by atoms with van der Waals surface area (Å²) in [6.45, 7) is 6.28. The predicted molar refractivity (Wildman–Crippen MR) is 80.0 cm³/mol. The Morgan fingerprint density at radius 3 is 2.63 bits per heavy atom. The number of hydrogen-bond acceptors (Lipinski definition) is 2. The summed E-state index contributed by atoms with van der Waals surface area (Å²) in [6.07, 6.45) is 3.55. The molecule has 2 N–H and O–H groups in total. The molecule has 0 fully saturated rings. The van der Waals surface area contributed by atoms with Crippen LogP contribution in [0.25, 0.3) is 0 Å². The second kappa shape index (κ2) is 8.70. The Balaban J connectivity index is 2.50. The van der Waals surface area contributed by atoms with E-state index in [9.17, 15) is 4.79 Å². The number of benzene rings is 1. The maximum Gasteiger partial charge on any atom is 0.222 e. The summed E-state index contributed by atoms with van der Waals surface area (Å²) in [6, 6.07) is 8.25. The van der Waals surface area contributed by atoms with Crippen LogP contribution in [0.5, 0.6) is 0 Å². The minimum atomic E-state index is 0.224. The molecule has 0 aliphatic carbocycles. The molecule has 1 rings (SSSR count). The van der Waals surface area contributed by atoms with Crippen LogP contribution in [0.4, 0.5) is 0 Å². The Morgan fingerprint density at radius 1 is 1.26 bits per heavy atom. The number of nitrogens with zero attached hydrogens (tertiary/aromatic N) is 1.